The van der Waals surface area contributed by atoms with Crippen LogP contribution in [0.3, 0.4) is 0 Å². The zero-order valence-electron chi connectivity index (χ0n) is 15.2. The Morgan fingerprint density at radius 1 is 1.06 bits per heavy atom. The first-order valence-corrected chi connectivity index (χ1v) is 9.36. The van der Waals surface area contributed by atoms with Crippen molar-refractivity contribution in [2.24, 2.45) is 4.99 Å². The second-order valence-electron chi connectivity index (χ2n) is 6.50. The summed E-state index contributed by atoms with van der Waals surface area (Å²) in [6, 6.07) is 3.21. The first-order valence-electron chi connectivity index (χ1n) is 8.60. The summed E-state index contributed by atoms with van der Waals surface area (Å²) in [5, 5.41) is 9.91. The fourth-order valence-corrected chi connectivity index (χ4v) is 3.53. The summed E-state index contributed by atoms with van der Waals surface area (Å²) in [5.41, 5.74) is -0.945. The number of hydrogen-bond donors (Lipinski definition) is 2. The molecule has 4 rings (SSSR count). The summed E-state index contributed by atoms with van der Waals surface area (Å²) < 4.78 is 42.8. The SMILES string of the molecule is O=CC(c1ccc(Cl)c(F)c1F)n1c(O)c(/C=C2\C=Nc3c2ccc(Cl)c3F)[nH]c1=O. The lowest BCUT2D eigenvalue weighted by Gasteiger charge is -2.14. The highest BCUT2D eigenvalue weighted by molar-refractivity contribution is 6.32. The lowest BCUT2D eigenvalue weighted by molar-refractivity contribution is -0.109. The monoisotopic (exact) mass is 467 g/mol. The Bertz CT molecular complexity index is 1360. The van der Waals surface area contributed by atoms with E-state index in [4.69, 9.17) is 23.2 Å². The van der Waals surface area contributed by atoms with Gasteiger partial charge in [-0.2, -0.15) is 0 Å². The van der Waals surface area contributed by atoms with Crippen LogP contribution in [0.1, 0.15) is 22.9 Å². The molecule has 0 amide bonds. The molecule has 1 unspecified atom stereocenters. The van der Waals surface area contributed by atoms with Crippen molar-refractivity contribution in [3.05, 3.63) is 79.1 Å². The summed E-state index contributed by atoms with van der Waals surface area (Å²) in [6.07, 6.45) is 2.75. The number of imidazole rings is 1. The fraction of sp³-hybridized carbons (Fsp3) is 0.0500. The van der Waals surface area contributed by atoms with Gasteiger partial charge in [-0.15, -0.1) is 0 Å². The summed E-state index contributed by atoms with van der Waals surface area (Å²) >= 11 is 11.3. The molecule has 2 heterocycles. The van der Waals surface area contributed by atoms with Crippen LogP contribution in [0, 0.1) is 17.5 Å². The van der Waals surface area contributed by atoms with E-state index in [-0.39, 0.29) is 22.7 Å². The average Bonchev–Trinajstić information content (AvgIpc) is 3.27. The molecule has 0 aliphatic carbocycles. The Labute approximate surface area is 181 Å². The highest BCUT2D eigenvalue weighted by atomic mass is 35.5. The van der Waals surface area contributed by atoms with E-state index >= 15 is 0 Å². The topological polar surface area (TPSA) is 87.4 Å². The predicted molar refractivity (Wildman–Crippen MR) is 110 cm³/mol. The number of benzene rings is 2. The van der Waals surface area contributed by atoms with Crippen molar-refractivity contribution < 1.29 is 23.1 Å². The molecule has 2 aromatic carbocycles. The number of carbonyl (C=O) groups excluding carboxylic acids is 1. The number of aromatic amines is 1. The Hall–Kier alpha value is -3.30. The van der Waals surface area contributed by atoms with Gasteiger partial charge in [-0.05, 0) is 18.2 Å². The van der Waals surface area contributed by atoms with Crippen LogP contribution in [0.5, 0.6) is 5.88 Å². The lowest BCUT2D eigenvalue weighted by Crippen LogP contribution is -2.25. The van der Waals surface area contributed by atoms with E-state index in [1.54, 1.807) is 0 Å². The molecule has 0 fully saturated rings. The molecule has 1 aromatic heterocycles. The van der Waals surface area contributed by atoms with Crippen LogP contribution in [0.25, 0.3) is 11.6 Å². The molecule has 0 saturated heterocycles. The maximum Gasteiger partial charge on any atom is 0.329 e. The predicted octanol–water partition coefficient (Wildman–Crippen LogP) is 4.65. The van der Waals surface area contributed by atoms with Crippen molar-refractivity contribution in [1.29, 1.82) is 0 Å². The van der Waals surface area contributed by atoms with Crippen LogP contribution < -0.4 is 5.69 Å². The van der Waals surface area contributed by atoms with Gasteiger partial charge < -0.3 is 14.9 Å². The first-order chi connectivity index (χ1) is 14.7. The van der Waals surface area contributed by atoms with Crippen molar-refractivity contribution in [1.82, 2.24) is 9.55 Å². The zero-order valence-corrected chi connectivity index (χ0v) is 16.7. The number of rotatable bonds is 4. The Morgan fingerprint density at radius 3 is 2.45 bits per heavy atom. The van der Waals surface area contributed by atoms with Gasteiger partial charge >= 0.3 is 5.69 Å². The molecule has 0 spiro atoms. The normalized spacial score (nSPS) is 14.8. The number of allylic oxidation sites excluding steroid dienone is 1. The molecule has 0 bridgehead atoms. The first kappa shape index (κ1) is 21.0. The van der Waals surface area contributed by atoms with Crippen LogP contribution in [-0.2, 0) is 4.79 Å². The van der Waals surface area contributed by atoms with E-state index in [0.717, 1.165) is 12.1 Å². The number of H-pyrrole nitrogens is 1. The molecule has 158 valence electrons. The highest BCUT2D eigenvalue weighted by Gasteiger charge is 2.27. The summed E-state index contributed by atoms with van der Waals surface area (Å²) in [4.78, 5) is 30.3. The Morgan fingerprint density at radius 2 is 1.74 bits per heavy atom. The minimum atomic E-state index is -1.68. The van der Waals surface area contributed by atoms with Crippen LogP contribution >= 0.6 is 23.2 Å². The molecule has 0 saturated carbocycles. The van der Waals surface area contributed by atoms with Gasteiger partial charge in [0, 0.05) is 22.9 Å². The zero-order chi connectivity index (χ0) is 22.4. The van der Waals surface area contributed by atoms with E-state index in [9.17, 15) is 27.9 Å². The third-order valence-corrected chi connectivity index (χ3v) is 5.32. The minimum absolute atomic E-state index is 0.00972. The summed E-state index contributed by atoms with van der Waals surface area (Å²) in [5.74, 6) is -4.27. The van der Waals surface area contributed by atoms with Gasteiger partial charge in [0.15, 0.2) is 17.5 Å². The maximum atomic E-state index is 14.3. The number of fused-ring (bicyclic) bond motifs is 1. The van der Waals surface area contributed by atoms with Crippen molar-refractivity contribution in [3.63, 3.8) is 0 Å². The van der Waals surface area contributed by atoms with Gasteiger partial charge in [-0.1, -0.05) is 35.3 Å². The largest absolute Gasteiger partial charge is 0.493 e. The number of carbonyl (C=O) groups is 1. The number of aromatic nitrogens is 2. The van der Waals surface area contributed by atoms with Crippen molar-refractivity contribution in [2.45, 2.75) is 6.04 Å². The molecule has 1 aliphatic heterocycles. The minimum Gasteiger partial charge on any atom is -0.493 e. The van der Waals surface area contributed by atoms with Gasteiger partial charge in [0.1, 0.15) is 23.7 Å². The molecular weight excluding hydrogens is 458 g/mol. The number of nitrogens with one attached hydrogen (secondary N) is 1. The van der Waals surface area contributed by atoms with Gasteiger partial charge in [0.2, 0.25) is 5.88 Å². The Kier molecular flexibility index (Phi) is 5.24. The molecule has 0 radical (unpaired) electrons. The van der Waals surface area contributed by atoms with Crippen molar-refractivity contribution in [3.8, 4) is 5.88 Å². The molecule has 31 heavy (non-hydrogen) atoms. The molecular formula is C20H10Cl2F3N3O3. The molecule has 2 N–H and O–H groups in total. The second kappa shape index (κ2) is 7.75. The van der Waals surface area contributed by atoms with E-state index in [1.807, 2.05) is 0 Å². The Balaban J connectivity index is 1.81. The third kappa shape index (κ3) is 3.35. The number of hydrogen-bond acceptors (Lipinski definition) is 4. The number of aliphatic imine (C=N–C) groups is 1. The average molecular weight is 468 g/mol. The summed E-state index contributed by atoms with van der Waals surface area (Å²) in [7, 11) is 0. The summed E-state index contributed by atoms with van der Waals surface area (Å²) in [6.45, 7) is 0. The number of halogens is 5. The van der Waals surface area contributed by atoms with Crippen LogP contribution in [-0.4, -0.2) is 27.2 Å². The van der Waals surface area contributed by atoms with Crippen LogP contribution in [0.4, 0.5) is 18.9 Å². The lowest BCUT2D eigenvalue weighted by atomic mass is 10.1. The van der Waals surface area contributed by atoms with Gasteiger partial charge in [0.05, 0.1) is 10.0 Å². The molecule has 6 nitrogen and oxygen atoms in total. The molecule has 3 aromatic rings. The second-order valence-corrected chi connectivity index (χ2v) is 7.31. The smallest absolute Gasteiger partial charge is 0.329 e. The van der Waals surface area contributed by atoms with E-state index in [2.05, 4.69) is 9.98 Å². The van der Waals surface area contributed by atoms with E-state index < -0.39 is 45.6 Å². The van der Waals surface area contributed by atoms with Crippen LogP contribution in [0.15, 0.2) is 34.1 Å². The molecule has 11 heteroatoms. The van der Waals surface area contributed by atoms with E-state index in [0.29, 0.717) is 15.7 Å². The quantitative estimate of drug-likeness (QED) is 0.432. The van der Waals surface area contributed by atoms with Crippen LogP contribution in [0.2, 0.25) is 10.0 Å². The third-order valence-electron chi connectivity index (χ3n) is 4.73. The van der Waals surface area contributed by atoms with E-state index in [1.165, 1.54) is 24.4 Å². The van der Waals surface area contributed by atoms with Gasteiger partial charge in [-0.3, -0.25) is 4.99 Å². The van der Waals surface area contributed by atoms with Gasteiger partial charge in [-0.25, -0.2) is 22.5 Å². The fourth-order valence-electron chi connectivity index (χ4n) is 3.23. The molecule has 1 atom stereocenters. The molecule has 1 aliphatic rings. The standard InChI is InChI=1S/C20H10Cl2F3N3O3/c21-11-4-2-10(15(23)16(11)24)14(7-29)28-19(30)13(27-20(28)31)5-8-6-26-18-9(8)1-3-12(22)17(18)25/h1-7,14,30H,(H,27,31)/b8-5+. The van der Waals surface area contributed by atoms with Gasteiger partial charge in [0.25, 0.3) is 0 Å². The number of nitrogens with zero attached hydrogens (tertiary/aromatic N) is 2. The highest BCUT2D eigenvalue weighted by Crippen LogP contribution is 2.38. The van der Waals surface area contributed by atoms with Crippen molar-refractivity contribution >= 4 is 53.0 Å². The maximum absolute atomic E-state index is 14.3. The number of aldehydes is 1. The number of aromatic hydroxyl groups is 1. The van der Waals surface area contributed by atoms with Crippen molar-refractivity contribution in [2.75, 3.05) is 0 Å².